The van der Waals surface area contributed by atoms with Crippen molar-refractivity contribution in [2.24, 2.45) is 0 Å². The van der Waals surface area contributed by atoms with Gasteiger partial charge in [-0.3, -0.25) is 0 Å². The Hall–Kier alpha value is -1.18. The van der Waals surface area contributed by atoms with Crippen molar-refractivity contribution in [1.29, 1.82) is 0 Å². The van der Waals surface area contributed by atoms with Gasteiger partial charge in [0.1, 0.15) is 0 Å². The van der Waals surface area contributed by atoms with Crippen LogP contribution in [0.15, 0.2) is 36.4 Å². The van der Waals surface area contributed by atoms with Gasteiger partial charge in [0.25, 0.3) is 0 Å². The van der Waals surface area contributed by atoms with E-state index in [0.29, 0.717) is 11.6 Å². The first-order valence-corrected chi connectivity index (χ1v) is 6.57. The maximum Gasteiger partial charge on any atom is 0.0456 e. The van der Waals surface area contributed by atoms with Crippen molar-refractivity contribution in [3.05, 3.63) is 63.1 Å². The number of anilines is 1. The molecule has 0 amide bonds. The van der Waals surface area contributed by atoms with E-state index >= 15 is 0 Å². The Morgan fingerprint density at radius 2 is 1.83 bits per heavy atom. The van der Waals surface area contributed by atoms with Gasteiger partial charge in [0.15, 0.2) is 0 Å². The van der Waals surface area contributed by atoms with E-state index in [9.17, 15) is 0 Å². The van der Waals surface area contributed by atoms with E-state index in [0.717, 1.165) is 16.3 Å². The standard InChI is InChI=1S/C15H15Cl2N/c1-10-4-3-5-15(11(10)2)18-9-12-8-13(16)6-7-14(12)17/h3-8,18H,9H2,1-2H3. The molecule has 2 aromatic rings. The molecule has 0 heterocycles. The Bertz CT molecular complexity index is 562. The summed E-state index contributed by atoms with van der Waals surface area (Å²) in [4.78, 5) is 0. The van der Waals surface area contributed by atoms with Crippen molar-refractivity contribution < 1.29 is 0 Å². The highest BCUT2D eigenvalue weighted by Gasteiger charge is 2.03. The molecule has 0 saturated heterocycles. The summed E-state index contributed by atoms with van der Waals surface area (Å²) < 4.78 is 0. The van der Waals surface area contributed by atoms with Crippen LogP contribution in [0, 0.1) is 13.8 Å². The first-order valence-electron chi connectivity index (χ1n) is 5.82. The molecule has 0 aliphatic rings. The van der Waals surface area contributed by atoms with Crippen LogP contribution in [-0.4, -0.2) is 0 Å². The second kappa shape index (κ2) is 5.64. The van der Waals surface area contributed by atoms with Crippen LogP contribution in [0.2, 0.25) is 10.0 Å². The summed E-state index contributed by atoms with van der Waals surface area (Å²) >= 11 is 12.1. The number of hydrogen-bond acceptors (Lipinski definition) is 1. The van der Waals surface area contributed by atoms with E-state index in [2.05, 4.69) is 31.3 Å². The second-order valence-electron chi connectivity index (χ2n) is 4.34. The lowest BCUT2D eigenvalue weighted by Crippen LogP contribution is -2.02. The number of hydrogen-bond donors (Lipinski definition) is 1. The summed E-state index contributed by atoms with van der Waals surface area (Å²) in [6.07, 6.45) is 0. The first kappa shape index (κ1) is 13.3. The number of halogens is 2. The van der Waals surface area contributed by atoms with Crippen molar-refractivity contribution in [2.75, 3.05) is 5.32 Å². The summed E-state index contributed by atoms with van der Waals surface area (Å²) in [5.41, 5.74) is 4.67. The van der Waals surface area contributed by atoms with Crippen LogP contribution < -0.4 is 5.32 Å². The maximum atomic E-state index is 6.13. The molecule has 94 valence electrons. The Balaban J connectivity index is 2.16. The SMILES string of the molecule is Cc1cccc(NCc2cc(Cl)ccc2Cl)c1C. The molecule has 0 spiro atoms. The largest absolute Gasteiger partial charge is 0.381 e. The zero-order valence-electron chi connectivity index (χ0n) is 10.4. The molecule has 0 aromatic heterocycles. The van der Waals surface area contributed by atoms with E-state index in [1.807, 2.05) is 18.2 Å². The van der Waals surface area contributed by atoms with Gasteiger partial charge >= 0.3 is 0 Å². The summed E-state index contributed by atoms with van der Waals surface area (Å²) in [7, 11) is 0. The molecular weight excluding hydrogens is 265 g/mol. The monoisotopic (exact) mass is 279 g/mol. The van der Waals surface area contributed by atoms with E-state index in [1.54, 1.807) is 6.07 Å². The van der Waals surface area contributed by atoms with Gasteiger partial charge in [-0.1, -0.05) is 35.3 Å². The van der Waals surface area contributed by atoms with E-state index in [1.165, 1.54) is 11.1 Å². The first-order chi connectivity index (χ1) is 8.58. The molecular formula is C15H15Cl2N. The molecule has 2 aromatic carbocycles. The third kappa shape index (κ3) is 2.98. The van der Waals surface area contributed by atoms with Crippen LogP contribution in [0.3, 0.4) is 0 Å². The molecule has 0 radical (unpaired) electrons. The molecule has 0 unspecified atom stereocenters. The smallest absolute Gasteiger partial charge is 0.0456 e. The third-order valence-electron chi connectivity index (χ3n) is 3.08. The van der Waals surface area contributed by atoms with E-state index < -0.39 is 0 Å². The normalized spacial score (nSPS) is 10.4. The Kier molecular flexibility index (Phi) is 4.15. The van der Waals surface area contributed by atoms with Gasteiger partial charge in [0.2, 0.25) is 0 Å². The van der Waals surface area contributed by atoms with Gasteiger partial charge < -0.3 is 5.32 Å². The Labute approximate surface area is 118 Å². The lowest BCUT2D eigenvalue weighted by atomic mass is 10.1. The second-order valence-corrected chi connectivity index (χ2v) is 5.18. The number of nitrogens with one attached hydrogen (secondary N) is 1. The lowest BCUT2D eigenvalue weighted by molar-refractivity contribution is 1.13. The molecule has 0 aliphatic heterocycles. The van der Waals surface area contributed by atoms with Crippen LogP contribution in [0.4, 0.5) is 5.69 Å². The minimum atomic E-state index is 0.670. The minimum absolute atomic E-state index is 0.670. The summed E-state index contributed by atoms with van der Waals surface area (Å²) in [5, 5.41) is 4.83. The predicted octanol–water partition coefficient (Wildman–Crippen LogP) is 5.22. The number of benzene rings is 2. The fraction of sp³-hybridized carbons (Fsp3) is 0.200. The van der Waals surface area contributed by atoms with E-state index in [-0.39, 0.29) is 0 Å². The van der Waals surface area contributed by atoms with Crippen LogP contribution in [0.5, 0.6) is 0 Å². The van der Waals surface area contributed by atoms with Crippen molar-refractivity contribution >= 4 is 28.9 Å². The van der Waals surface area contributed by atoms with Gasteiger partial charge in [-0.15, -0.1) is 0 Å². The highest BCUT2D eigenvalue weighted by Crippen LogP contribution is 2.23. The molecule has 0 atom stereocenters. The fourth-order valence-corrected chi connectivity index (χ4v) is 2.19. The molecule has 0 saturated carbocycles. The van der Waals surface area contributed by atoms with Crippen LogP contribution in [0.25, 0.3) is 0 Å². The zero-order chi connectivity index (χ0) is 13.1. The molecule has 0 bridgehead atoms. The Morgan fingerprint density at radius 3 is 2.61 bits per heavy atom. The van der Waals surface area contributed by atoms with E-state index in [4.69, 9.17) is 23.2 Å². The Morgan fingerprint density at radius 1 is 1.06 bits per heavy atom. The van der Waals surface area contributed by atoms with Gasteiger partial charge in [-0.05, 0) is 54.8 Å². The highest BCUT2D eigenvalue weighted by molar-refractivity contribution is 6.33. The van der Waals surface area contributed by atoms with Gasteiger partial charge in [-0.25, -0.2) is 0 Å². The highest BCUT2D eigenvalue weighted by atomic mass is 35.5. The number of rotatable bonds is 3. The molecule has 0 fully saturated rings. The molecule has 1 nitrogen and oxygen atoms in total. The van der Waals surface area contributed by atoms with Crippen molar-refractivity contribution in [1.82, 2.24) is 0 Å². The average molecular weight is 280 g/mol. The summed E-state index contributed by atoms with van der Waals surface area (Å²) in [5.74, 6) is 0. The fourth-order valence-electron chi connectivity index (χ4n) is 1.81. The van der Waals surface area contributed by atoms with Crippen LogP contribution >= 0.6 is 23.2 Å². The minimum Gasteiger partial charge on any atom is -0.381 e. The van der Waals surface area contributed by atoms with Gasteiger partial charge in [0, 0.05) is 22.3 Å². The van der Waals surface area contributed by atoms with Crippen molar-refractivity contribution in [2.45, 2.75) is 20.4 Å². The topological polar surface area (TPSA) is 12.0 Å². The average Bonchev–Trinajstić information content (AvgIpc) is 2.35. The van der Waals surface area contributed by atoms with Crippen LogP contribution in [0.1, 0.15) is 16.7 Å². The van der Waals surface area contributed by atoms with Gasteiger partial charge in [0.05, 0.1) is 0 Å². The molecule has 1 N–H and O–H groups in total. The van der Waals surface area contributed by atoms with Crippen LogP contribution in [-0.2, 0) is 6.54 Å². The molecule has 0 aliphatic carbocycles. The summed E-state index contributed by atoms with van der Waals surface area (Å²) in [6, 6.07) is 11.7. The third-order valence-corrected chi connectivity index (χ3v) is 3.69. The maximum absolute atomic E-state index is 6.13. The quantitative estimate of drug-likeness (QED) is 0.812. The molecule has 3 heteroatoms. The zero-order valence-corrected chi connectivity index (χ0v) is 11.9. The van der Waals surface area contributed by atoms with Crippen molar-refractivity contribution in [3.8, 4) is 0 Å². The summed E-state index contributed by atoms with van der Waals surface area (Å²) in [6.45, 7) is 4.88. The van der Waals surface area contributed by atoms with Gasteiger partial charge in [-0.2, -0.15) is 0 Å². The van der Waals surface area contributed by atoms with Crippen molar-refractivity contribution in [3.63, 3.8) is 0 Å². The predicted molar refractivity (Wildman–Crippen MR) is 79.7 cm³/mol. The molecule has 18 heavy (non-hydrogen) atoms. The number of aryl methyl sites for hydroxylation is 1. The molecule has 2 rings (SSSR count). The lowest BCUT2D eigenvalue weighted by Gasteiger charge is -2.12.